The van der Waals surface area contributed by atoms with E-state index in [4.69, 9.17) is 11.6 Å². The second-order valence-corrected chi connectivity index (χ2v) is 9.16. The van der Waals surface area contributed by atoms with Crippen LogP contribution >= 0.6 is 0 Å². The molecule has 0 amide bonds. The first-order chi connectivity index (χ1) is 13.7. The first-order valence-electron chi connectivity index (χ1n) is 9.75. The van der Waals surface area contributed by atoms with E-state index >= 15 is 0 Å². The minimum atomic E-state index is -0.553. The number of halogens is 3. The molecular formula is C23H25ClF2N3+. The van der Waals surface area contributed by atoms with E-state index in [1.165, 1.54) is 6.07 Å². The molecule has 3 aromatic rings. The molecular weight excluding hydrogens is 392 g/mol. The Morgan fingerprint density at radius 1 is 1.00 bits per heavy atom. The molecule has 1 aromatic heterocycles. The van der Waals surface area contributed by atoms with Crippen LogP contribution in [-0.2, 0) is 0 Å². The van der Waals surface area contributed by atoms with Crippen LogP contribution in [0.5, 0.6) is 0 Å². The number of nitrogens with zero attached hydrogens (tertiary/aromatic N) is 2. The molecule has 0 spiro atoms. The van der Waals surface area contributed by atoms with Crippen LogP contribution < -0.4 is 0 Å². The molecule has 1 N–H and O–H groups in total. The zero-order chi connectivity index (χ0) is 20.8. The Kier molecular flexibility index (Phi) is 5.21. The second-order valence-electron chi connectivity index (χ2n) is 8.69. The minimum Gasteiger partial charge on any atom is -0.297 e. The van der Waals surface area contributed by atoms with Crippen LogP contribution in [0.3, 0.4) is 0 Å². The lowest BCUT2D eigenvalue weighted by Crippen LogP contribution is -2.39. The van der Waals surface area contributed by atoms with Crippen molar-refractivity contribution in [3.8, 4) is 11.3 Å². The van der Waals surface area contributed by atoms with Gasteiger partial charge in [-0.05, 0) is 50.6 Å². The molecule has 1 aliphatic rings. The lowest BCUT2D eigenvalue weighted by molar-refractivity contribution is -0.288. The number of likely N-dealkylation sites (tertiary alicyclic amines) is 1. The highest BCUT2D eigenvalue weighted by molar-refractivity contribution is 5.59. The smallest absolute Gasteiger partial charge is 0.225 e. The van der Waals surface area contributed by atoms with Gasteiger partial charge in [-0.2, -0.15) is 5.10 Å². The van der Waals surface area contributed by atoms with Gasteiger partial charge in [0.1, 0.15) is 11.6 Å². The summed E-state index contributed by atoms with van der Waals surface area (Å²) in [5.41, 5.74) is 3.28. The number of benzene rings is 2. The Balaban J connectivity index is 1.70. The molecule has 1 saturated heterocycles. The van der Waals surface area contributed by atoms with Crippen molar-refractivity contribution in [2.45, 2.75) is 38.1 Å². The van der Waals surface area contributed by atoms with Crippen LogP contribution in [-0.4, -0.2) is 33.7 Å². The maximum atomic E-state index is 14.6. The van der Waals surface area contributed by atoms with E-state index in [1.807, 2.05) is 30.3 Å². The SMILES string of the molecule is CC(C)(C)N1C[C@@H](c2cc(-c3ccc([ClH+])cc3)n[nH]2)[C@H](c2ccc(F)cc2F)C1. The molecule has 1 fully saturated rings. The first kappa shape index (κ1) is 20.0. The summed E-state index contributed by atoms with van der Waals surface area (Å²) in [4.78, 5) is 2.34. The molecule has 6 heteroatoms. The molecule has 29 heavy (non-hydrogen) atoms. The van der Waals surface area contributed by atoms with Gasteiger partial charge in [-0.15, -0.1) is 0 Å². The fourth-order valence-electron chi connectivity index (χ4n) is 4.08. The van der Waals surface area contributed by atoms with Gasteiger partial charge in [-0.25, -0.2) is 8.78 Å². The molecule has 2 aromatic carbocycles. The van der Waals surface area contributed by atoms with Gasteiger partial charge in [0, 0.05) is 59.9 Å². The van der Waals surface area contributed by atoms with Crippen molar-refractivity contribution in [3.05, 3.63) is 76.4 Å². The minimum absolute atomic E-state index is 0.0358. The molecule has 0 aliphatic carbocycles. The summed E-state index contributed by atoms with van der Waals surface area (Å²) in [5.74, 6) is -1.09. The molecule has 4 rings (SSSR count). The Labute approximate surface area is 174 Å². The number of rotatable bonds is 3. The van der Waals surface area contributed by atoms with Crippen molar-refractivity contribution in [2.75, 3.05) is 13.1 Å². The van der Waals surface area contributed by atoms with E-state index in [1.54, 1.807) is 6.07 Å². The van der Waals surface area contributed by atoms with Gasteiger partial charge in [0.15, 0.2) is 11.6 Å². The molecule has 0 radical (unpaired) electrons. The largest absolute Gasteiger partial charge is 0.297 e. The van der Waals surface area contributed by atoms with Gasteiger partial charge in [-0.1, -0.05) is 6.07 Å². The molecule has 0 bridgehead atoms. The second kappa shape index (κ2) is 7.54. The highest BCUT2D eigenvalue weighted by Crippen LogP contribution is 2.43. The number of H-pyrrole nitrogens is 1. The molecule has 2 atom stereocenters. The van der Waals surface area contributed by atoms with Crippen LogP contribution in [0.1, 0.15) is 43.9 Å². The third-order valence-corrected chi connectivity index (χ3v) is 6.05. The van der Waals surface area contributed by atoms with Crippen molar-refractivity contribution < 1.29 is 20.4 Å². The zero-order valence-corrected chi connectivity index (χ0v) is 17.6. The topological polar surface area (TPSA) is 31.9 Å². The monoisotopic (exact) mass is 416 g/mol. The van der Waals surface area contributed by atoms with Crippen molar-refractivity contribution in [3.63, 3.8) is 0 Å². The van der Waals surface area contributed by atoms with Gasteiger partial charge in [0.05, 0.1) is 5.69 Å². The first-order valence-corrected chi connectivity index (χ1v) is 10.2. The lowest BCUT2D eigenvalue weighted by Gasteiger charge is -2.31. The predicted molar refractivity (Wildman–Crippen MR) is 108 cm³/mol. The van der Waals surface area contributed by atoms with Gasteiger partial charge in [0.25, 0.3) is 0 Å². The maximum Gasteiger partial charge on any atom is 0.225 e. The van der Waals surface area contributed by atoms with Crippen molar-refractivity contribution >= 4 is 0 Å². The summed E-state index contributed by atoms with van der Waals surface area (Å²) >= 11 is 5.16. The summed E-state index contributed by atoms with van der Waals surface area (Å²) < 4.78 is 28.1. The van der Waals surface area contributed by atoms with Crippen LogP contribution in [0.2, 0.25) is 5.02 Å². The average Bonchev–Trinajstić information content (AvgIpc) is 3.29. The summed E-state index contributed by atoms with van der Waals surface area (Å²) in [6.45, 7) is 7.94. The Morgan fingerprint density at radius 3 is 2.34 bits per heavy atom. The van der Waals surface area contributed by atoms with Crippen molar-refractivity contribution in [2.24, 2.45) is 0 Å². The fraction of sp³-hybridized carbons (Fsp3) is 0.348. The zero-order valence-electron chi connectivity index (χ0n) is 16.7. The highest BCUT2D eigenvalue weighted by atomic mass is 35.5. The third kappa shape index (κ3) is 4.07. The molecule has 3 nitrogen and oxygen atoms in total. The average molecular weight is 417 g/mol. The summed E-state index contributed by atoms with van der Waals surface area (Å²) in [5, 5.41) is 8.43. The molecule has 152 valence electrons. The van der Waals surface area contributed by atoms with Crippen molar-refractivity contribution in [1.82, 2.24) is 15.1 Å². The summed E-state index contributed by atoms with van der Waals surface area (Å²) in [6.07, 6.45) is 0. The highest BCUT2D eigenvalue weighted by Gasteiger charge is 2.41. The predicted octanol–water partition coefficient (Wildman–Crippen LogP) is 5.03. The van der Waals surface area contributed by atoms with Crippen LogP contribution in [0, 0.1) is 23.2 Å². The molecule has 0 unspecified atom stereocenters. The quantitative estimate of drug-likeness (QED) is 0.649. The van der Waals surface area contributed by atoms with Gasteiger partial charge >= 0.3 is 0 Å². The van der Waals surface area contributed by atoms with Crippen LogP contribution in [0.4, 0.5) is 8.78 Å². The Bertz CT molecular complexity index is 1010. The number of aromatic nitrogens is 2. The summed E-state index contributed by atoms with van der Waals surface area (Å²) in [7, 11) is 0. The van der Waals surface area contributed by atoms with E-state index in [2.05, 4.69) is 35.9 Å². The molecule has 2 heterocycles. The van der Waals surface area contributed by atoms with E-state index in [0.29, 0.717) is 12.1 Å². The van der Waals surface area contributed by atoms with Gasteiger partial charge in [-0.3, -0.25) is 10.00 Å². The fourth-order valence-corrected chi connectivity index (χ4v) is 4.22. The maximum absolute atomic E-state index is 14.6. The summed E-state index contributed by atoms with van der Waals surface area (Å²) in [6, 6.07) is 13.6. The van der Waals surface area contributed by atoms with E-state index in [-0.39, 0.29) is 17.4 Å². The van der Waals surface area contributed by atoms with Crippen molar-refractivity contribution in [1.29, 1.82) is 0 Å². The van der Waals surface area contributed by atoms with Gasteiger partial charge in [0.2, 0.25) is 5.02 Å². The van der Waals surface area contributed by atoms with Crippen LogP contribution in [0.15, 0.2) is 48.5 Å². The molecule has 1 aliphatic heterocycles. The lowest BCUT2D eigenvalue weighted by atomic mass is 9.86. The Hall–Kier alpha value is -2.24. The number of hydrogen-bond acceptors (Lipinski definition) is 2. The molecule has 0 saturated carbocycles. The van der Waals surface area contributed by atoms with Crippen LogP contribution in [0.25, 0.3) is 11.3 Å². The van der Waals surface area contributed by atoms with Gasteiger partial charge < -0.3 is 0 Å². The number of hydrogen-bond donors (Lipinski definition) is 1. The normalized spacial score (nSPS) is 20.3. The number of aromatic amines is 1. The number of nitrogens with one attached hydrogen (secondary N) is 1. The third-order valence-electron chi connectivity index (χ3n) is 5.78. The standard InChI is InChI=1S/C23H25ClF2N3/c1-23(2,3)29-12-18(17-9-8-16(25)10-20(17)26)19(13-29)22-11-21(27-28-22)14-4-6-15(24)7-5-14/h4-11,18-19,24H,12-13H2,1-3H3,(H,27,28)/q+1/t18-,19+/m0/s1. The van der Waals surface area contributed by atoms with E-state index in [0.717, 1.165) is 34.6 Å². The Morgan fingerprint density at radius 2 is 1.69 bits per heavy atom. The van der Waals surface area contributed by atoms with E-state index in [9.17, 15) is 8.78 Å². The van der Waals surface area contributed by atoms with E-state index < -0.39 is 11.6 Å².